The van der Waals surface area contributed by atoms with E-state index < -0.39 is 22.4 Å². The van der Waals surface area contributed by atoms with Crippen molar-refractivity contribution in [3.05, 3.63) is 29.6 Å². The molecule has 0 amide bonds. The second-order valence-corrected chi connectivity index (χ2v) is 6.69. The maximum atomic E-state index is 13.2. The van der Waals surface area contributed by atoms with Gasteiger partial charge < -0.3 is 5.11 Å². The number of aliphatic hydroxyl groups is 1. The van der Waals surface area contributed by atoms with Gasteiger partial charge in [-0.3, -0.25) is 0 Å². The van der Waals surface area contributed by atoms with Gasteiger partial charge in [-0.2, -0.15) is 0 Å². The molecule has 0 saturated heterocycles. The van der Waals surface area contributed by atoms with Crippen molar-refractivity contribution in [2.24, 2.45) is 5.92 Å². The molecule has 1 saturated carbocycles. The van der Waals surface area contributed by atoms with Crippen molar-refractivity contribution in [1.82, 2.24) is 4.72 Å². The highest BCUT2D eigenvalue weighted by Gasteiger charge is 2.29. The summed E-state index contributed by atoms with van der Waals surface area (Å²) in [6, 6.07) is 3.20. The van der Waals surface area contributed by atoms with E-state index in [2.05, 4.69) is 4.72 Å². The van der Waals surface area contributed by atoms with Crippen molar-refractivity contribution in [1.29, 1.82) is 0 Å². The lowest BCUT2D eigenvalue weighted by molar-refractivity contribution is 0.260. The number of rotatable bonds is 5. The summed E-state index contributed by atoms with van der Waals surface area (Å²) in [7, 11) is -3.80. The lowest BCUT2D eigenvalue weighted by Crippen LogP contribution is -2.40. The Kier molecular flexibility index (Phi) is 4.23. The minimum atomic E-state index is -3.80. The van der Waals surface area contributed by atoms with E-state index in [1.165, 1.54) is 6.07 Å². The van der Waals surface area contributed by atoms with Crippen LogP contribution in [0.4, 0.5) is 4.39 Å². The molecular formula is C13H18FNO3S. The van der Waals surface area contributed by atoms with Gasteiger partial charge in [0.15, 0.2) is 0 Å². The van der Waals surface area contributed by atoms with Gasteiger partial charge in [-0.05, 0) is 43.4 Å². The maximum absolute atomic E-state index is 13.2. The average Bonchev–Trinajstić information content (AvgIpc) is 2.25. The van der Waals surface area contributed by atoms with Gasteiger partial charge in [-0.25, -0.2) is 17.5 Å². The van der Waals surface area contributed by atoms with Gasteiger partial charge >= 0.3 is 0 Å². The molecule has 4 nitrogen and oxygen atoms in total. The number of nitrogens with one attached hydrogen (secondary N) is 1. The summed E-state index contributed by atoms with van der Waals surface area (Å²) in [5.41, 5.74) is 0.203. The van der Waals surface area contributed by atoms with Crippen LogP contribution in [0.15, 0.2) is 23.1 Å². The van der Waals surface area contributed by atoms with Crippen LogP contribution in [0.3, 0.4) is 0 Å². The van der Waals surface area contributed by atoms with Crippen molar-refractivity contribution >= 4 is 10.0 Å². The zero-order valence-corrected chi connectivity index (χ0v) is 11.6. The molecule has 2 N–H and O–H groups in total. The Balaban J connectivity index is 2.25. The standard InChI is InChI=1S/C13H18FNO3S/c1-9(10-3-2-4-10)15-19(17,18)13-7-12(14)6-5-11(13)8-16/h5-7,9-10,15-16H,2-4,8H2,1H3. The first kappa shape index (κ1) is 14.4. The highest BCUT2D eigenvalue weighted by molar-refractivity contribution is 7.89. The predicted molar refractivity (Wildman–Crippen MR) is 69.4 cm³/mol. The second kappa shape index (κ2) is 5.56. The zero-order valence-electron chi connectivity index (χ0n) is 10.8. The van der Waals surface area contributed by atoms with Crippen LogP contribution in [0.2, 0.25) is 0 Å². The third-order valence-electron chi connectivity index (χ3n) is 3.69. The molecule has 19 heavy (non-hydrogen) atoms. The van der Waals surface area contributed by atoms with E-state index in [1.54, 1.807) is 0 Å². The molecule has 1 aliphatic rings. The Labute approximate surface area is 112 Å². The summed E-state index contributed by atoms with van der Waals surface area (Å²) < 4.78 is 40.2. The number of sulfonamides is 1. The van der Waals surface area contributed by atoms with Gasteiger partial charge in [0.2, 0.25) is 10.0 Å². The Morgan fingerprint density at radius 3 is 2.68 bits per heavy atom. The van der Waals surface area contributed by atoms with E-state index in [0.29, 0.717) is 5.92 Å². The van der Waals surface area contributed by atoms with E-state index in [0.717, 1.165) is 31.4 Å². The third kappa shape index (κ3) is 3.13. The summed E-state index contributed by atoms with van der Waals surface area (Å²) in [6.45, 7) is 1.38. The topological polar surface area (TPSA) is 66.4 Å². The Bertz CT molecular complexity index is 555. The molecule has 0 radical (unpaired) electrons. The average molecular weight is 287 g/mol. The van der Waals surface area contributed by atoms with Gasteiger partial charge in [0.05, 0.1) is 11.5 Å². The van der Waals surface area contributed by atoms with Gasteiger partial charge in [0.25, 0.3) is 0 Å². The van der Waals surface area contributed by atoms with Crippen LogP contribution in [0, 0.1) is 11.7 Å². The van der Waals surface area contributed by atoms with Crippen molar-refractivity contribution in [2.75, 3.05) is 0 Å². The minimum Gasteiger partial charge on any atom is -0.392 e. The van der Waals surface area contributed by atoms with Gasteiger partial charge in [-0.15, -0.1) is 0 Å². The molecule has 6 heteroatoms. The highest BCUT2D eigenvalue weighted by atomic mass is 32.2. The highest BCUT2D eigenvalue weighted by Crippen LogP contribution is 2.30. The number of halogens is 1. The van der Waals surface area contributed by atoms with Gasteiger partial charge in [0.1, 0.15) is 5.82 Å². The number of hydrogen-bond acceptors (Lipinski definition) is 3. The summed E-state index contributed by atoms with van der Waals surface area (Å²) >= 11 is 0. The van der Waals surface area contributed by atoms with E-state index in [-0.39, 0.29) is 16.5 Å². The number of benzene rings is 1. The Morgan fingerprint density at radius 2 is 2.16 bits per heavy atom. The third-order valence-corrected chi connectivity index (χ3v) is 5.33. The van der Waals surface area contributed by atoms with Crippen LogP contribution in [0.5, 0.6) is 0 Å². The van der Waals surface area contributed by atoms with Crippen molar-refractivity contribution in [3.63, 3.8) is 0 Å². The molecule has 0 aliphatic heterocycles. The van der Waals surface area contributed by atoms with Crippen molar-refractivity contribution < 1.29 is 17.9 Å². The fraction of sp³-hybridized carbons (Fsp3) is 0.538. The molecule has 1 unspecified atom stereocenters. The first-order chi connectivity index (χ1) is 8.94. The molecule has 0 bridgehead atoms. The molecule has 2 rings (SSSR count). The van der Waals surface area contributed by atoms with E-state index >= 15 is 0 Å². The first-order valence-corrected chi connectivity index (χ1v) is 7.84. The predicted octanol–water partition coefficient (Wildman–Crippen LogP) is 1.78. The lowest BCUT2D eigenvalue weighted by atomic mass is 9.81. The van der Waals surface area contributed by atoms with Crippen LogP contribution in [-0.4, -0.2) is 19.6 Å². The largest absolute Gasteiger partial charge is 0.392 e. The molecule has 0 heterocycles. The summed E-state index contributed by atoms with van der Waals surface area (Å²) in [4.78, 5) is -0.179. The first-order valence-electron chi connectivity index (χ1n) is 6.35. The van der Waals surface area contributed by atoms with Crippen LogP contribution in [0.25, 0.3) is 0 Å². The SMILES string of the molecule is CC(NS(=O)(=O)c1cc(F)ccc1CO)C1CCC1. The summed E-state index contributed by atoms with van der Waals surface area (Å²) in [5, 5.41) is 9.16. The molecule has 1 aliphatic carbocycles. The molecule has 1 fully saturated rings. The molecule has 0 aromatic heterocycles. The normalized spacial score (nSPS) is 18.1. The summed E-state index contributed by atoms with van der Waals surface area (Å²) in [5.74, 6) is -0.283. The van der Waals surface area contributed by atoms with Crippen molar-refractivity contribution in [3.8, 4) is 0 Å². The molecule has 1 aromatic rings. The van der Waals surface area contributed by atoms with E-state index in [4.69, 9.17) is 5.11 Å². The molecule has 1 aromatic carbocycles. The number of aliphatic hydroxyl groups excluding tert-OH is 1. The number of hydrogen-bond donors (Lipinski definition) is 2. The fourth-order valence-corrected chi connectivity index (χ4v) is 3.81. The second-order valence-electron chi connectivity index (χ2n) is 5.01. The molecule has 106 valence electrons. The van der Waals surface area contributed by atoms with Crippen molar-refractivity contribution in [2.45, 2.75) is 43.7 Å². The summed E-state index contributed by atoms with van der Waals surface area (Å²) in [6.07, 6.45) is 3.15. The van der Waals surface area contributed by atoms with Gasteiger partial charge in [0, 0.05) is 6.04 Å². The fourth-order valence-electron chi connectivity index (χ4n) is 2.25. The Morgan fingerprint density at radius 1 is 1.47 bits per heavy atom. The van der Waals surface area contributed by atoms with Crippen LogP contribution < -0.4 is 4.72 Å². The smallest absolute Gasteiger partial charge is 0.241 e. The monoisotopic (exact) mass is 287 g/mol. The van der Waals surface area contributed by atoms with Crippen LogP contribution in [0.1, 0.15) is 31.7 Å². The Hall–Kier alpha value is -0.980. The van der Waals surface area contributed by atoms with Crippen LogP contribution in [-0.2, 0) is 16.6 Å². The zero-order chi connectivity index (χ0) is 14.0. The quantitative estimate of drug-likeness (QED) is 0.867. The molecule has 0 spiro atoms. The van der Waals surface area contributed by atoms with E-state index in [1.807, 2.05) is 6.92 Å². The van der Waals surface area contributed by atoms with E-state index in [9.17, 15) is 12.8 Å². The minimum absolute atomic E-state index is 0.173. The molecule has 1 atom stereocenters. The van der Waals surface area contributed by atoms with Gasteiger partial charge in [-0.1, -0.05) is 12.5 Å². The molecular weight excluding hydrogens is 269 g/mol. The van der Waals surface area contributed by atoms with Crippen LogP contribution >= 0.6 is 0 Å². The lowest BCUT2D eigenvalue weighted by Gasteiger charge is -2.31. The maximum Gasteiger partial charge on any atom is 0.241 e.